The number of methoxy groups -OCH3 is 2. The number of hydrogen-bond donors (Lipinski definition) is 0. The van der Waals surface area contributed by atoms with Gasteiger partial charge < -0.3 is 9.47 Å². The maximum Gasteiger partial charge on any atom is 0.167 e. The van der Waals surface area contributed by atoms with Gasteiger partial charge in [-0.1, -0.05) is 33.6 Å². The molecule has 0 aliphatic rings. The molecule has 0 N–H and O–H groups in total. The molecule has 0 unspecified atom stereocenters. The molecular formula is C16H14BrClO3. The molecule has 0 atom stereocenters. The first-order chi connectivity index (χ1) is 10.0. The molecule has 0 aromatic heterocycles. The molecule has 0 bridgehead atoms. The van der Waals surface area contributed by atoms with E-state index in [1.807, 2.05) is 12.1 Å². The molecule has 2 aromatic rings. The number of Topliss-reactive ketones (excluding diaryl/α,β-unsaturated/α-hetero) is 1. The lowest BCUT2D eigenvalue weighted by Gasteiger charge is -2.09. The number of carbonyl (C=O) groups is 1. The second kappa shape index (κ2) is 6.96. The van der Waals surface area contributed by atoms with Crippen molar-refractivity contribution < 1.29 is 14.3 Å². The molecule has 0 fully saturated rings. The molecule has 0 amide bonds. The van der Waals surface area contributed by atoms with Crippen LogP contribution in [0.3, 0.4) is 0 Å². The van der Waals surface area contributed by atoms with Gasteiger partial charge in [-0.05, 0) is 29.8 Å². The predicted molar refractivity (Wildman–Crippen MR) is 86.7 cm³/mol. The van der Waals surface area contributed by atoms with Crippen LogP contribution in [-0.4, -0.2) is 20.0 Å². The van der Waals surface area contributed by atoms with Gasteiger partial charge in [-0.3, -0.25) is 4.79 Å². The van der Waals surface area contributed by atoms with Gasteiger partial charge in [0.05, 0.1) is 14.2 Å². The molecule has 0 saturated heterocycles. The summed E-state index contributed by atoms with van der Waals surface area (Å²) in [5.41, 5.74) is 1.32. The monoisotopic (exact) mass is 368 g/mol. The molecule has 0 saturated carbocycles. The predicted octanol–water partition coefficient (Wildman–Crippen LogP) is 4.55. The Kier molecular flexibility index (Phi) is 5.26. The maximum absolute atomic E-state index is 12.4. The normalized spacial score (nSPS) is 10.3. The summed E-state index contributed by atoms with van der Waals surface area (Å²) in [7, 11) is 3.10. The number of ketones is 1. The molecule has 110 valence electrons. The van der Waals surface area contributed by atoms with Crippen LogP contribution in [0.1, 0.15) is 15.9 Å². The molecule has 0 radical (unpaired) electrons. The molecule has 2 rings (SSSR count). The van der Waals surface area contributed by atoms with Crippen molar-refractivity contribution in [3.05, 3.63) is 57.0 Å². The first-order valence-corrected chi connectivity index (χ1v) is 7.40. The van der Waals surface area contributed by atoms with Crippen LogP contribution in [-0.2, 0) is 6.42 Å². The third-order valence-electron chi connectivity index (χ3n) is 3.04. The van der Waals surface area contributed by atoms with E-state index in [2.05, 4.69) is 15.9 Å². The second-order valence-electron chi connectivity index (χ2n) is 4.44. The summed E-state index contributed by atoms with van der Waals surface area (Å²) >= 11 is 9.49. The quantitative estimate of drug-likeness (QED) is 0.726. The highest BCUT2D eigenvalue weighted by atomic mass is 79.9. The fourth-order valence-corrected chi connectivity index (χ4v) is 2.65. The summed E-state index contributed by atoms with van der Waals surface area (Å²) in [5, 5.41) is 0.563. The first kappa shape index (κ1) is 15.9. The van der Waals surface area contributed by atoms with E-state index < -0.39 is 0 Å². The number of halogens is 2. The molecule has 21 heavy (non-hydrogen) atoms. The lowest BCUT2D eigenvalue weighted by molar-refractivity contribution is 0.0992. The zero-order valence-corrected chi connectivity index (χ0v) is 14.0. The van der Waals surface area contributed by atoms with E-state index in [0.717, 1.165) is 10.0 Å². The SMILES string of the molecule is COc1cc(OC)cc(C(=O)Cc2ccc(Br)cc2Cl)c1. The Morgan fingerprint density at radius 1 is 1.10 bits per heavy atom. The molecule has 3 nitrogen and oxygen atoms in total. The highest BCUT2D eigenvalue weighted by molar-refractivity contribution is 9.10. The van der Waals surface area contributed by atoms with Gasteiger partial charge in [0.1, 0.15) is 11.5 Å². The van der Waals surface area contributed by atoms with Crippen LogP contribution in [0.15, 0.2) is 40.9 Å². The molecule has 2 aromatic carbocycles. The van der Waals surface area contributed by atoms with Crippen molar-refractivity contribution >= 4 is 33.3 Å². The zero-order chi connectivity index (χ0) is 15.4. The minimum absolute atomic E-state index is 0.0450. The minimum Gasteiger partial charge on any atom is -0.497 e. The minimum atomic E-state index is -0.0450. The van der Waals surface area contributed by atoms with Gasteiger partial charge in [-0.2, -0.15) is 0 Å². The summed E-state index contributed by atoms with van der Waals surface area (Å²) < 4.78 is 11.2. The van der Waals surface area contributed by atoms with Crippen molar-refractivity contribution in [3.63, 3.8) is 0 Å². The van der Waals surface area contributed by atoms with Crippen LogP contribution < -0.4 is 9.47 Å². The van der Waals surface area contributed by atoms with Crippen molar-refractivity contribution in [3.8, 4) is 11.5 Å². The van der Waals surface area contributed by atoms with E-state index in [4.69, 9.17) is 21.1 Å². The van der Waals surface area contributed by atoms with E-state index in [0.29, 0.717) is 22.1 Å². The summed E-state index contributed by atoms with van der Waals surface area (Å²) in [5.74, 6) is 1.12. The smallest absolute Gasteiger partial charge is 0.167 e. The van der Waals surface area contributed by atoms with Crippen LogP contribution in [0.25, 0.3) is 0 Å². The van der Waals surface area contributed by atoms with E-state index >= 15 is 0 Å². The highest BCUT2D eigenvalue weighted by Gasteiger charge is 2.12. The van der Waals surface area contributed by atoms with Crippen LogP contribution in [0.5, 0.6) is 11.5 Å². The topological polar surface area (TPSA) is 35.5 Å². The van der Waals surface area contributed by atoms with Crippen LogP contribution >= 0.6 is 27.5 Å². The summed E-state index contributed by atoms with van der Waals surface area (Å²) in [4.78, 5) is 12.4. The summed E-state index contributed by atoms with van der Waals surface area (Å²) in [6.45, 7) is 0. The molecular weight excluding hydrogens is 356 g/mol. The Morgan fingerprint density at radius 2 is 1.71 bits per heavy atom. The molecule has 0 heterocycles. The molecule has 0 aliphatic carbocycles. The van der Waals surface area contributed by atoms with Gasteiger partial charge in [-0.15, -0.1) is 0 Å². The van der Waals surface area contributed by atoms with Crippen LogP contribution in [0, 0.1) is 0 Å². The van der Waals surface area contributed by atoms with Crippen molar-refractivity contribution in [1.29, 1.82) is 0 Å². The number of carbonyl (C=O) groups excluding carboxylic acids is 1. The summed E-state index contributed by atoms with van der Waals surface area (Å²) in [6.07, 6.45) is 0.225. The van der Waals surface area contributed by atoms with E-state index in [1.54, 1.807) is 38.5 Å². The number of ether oxygens (including phenoxy) is 2. The average molecular weight is 370 g/mol. The number of hydrogen-bond acceptors (Lipinski definition) is 3. The van der Waals surface area contributed by atoms with Gasteiger partial charge >= 0.3 is 0 Å². The third-order valence-corrected chi connectivity index (χ3v) is 3.88. The van der Waals surface area contributed by atoms with Gasteiger partial charge in [-0.25, -0.2) is 0 Å². The fraction of sp³-hybridized carbons (Fsp3) is 0.188. The van der Waals surface area contributed by atoms with Gasteiger partial charge in [0.25, 0.3) is 0 Å². The Labute approximate surface area is 137 Å². The van der Waals surface area contributed by atoms with Gasteiger partial charge in [0.15, 0.2) is 5.78 Å². The number of rotatable bonds is 5. The van der Waals surface area contributed by atoms with Crippen molar-refractivity contribution in [2.24, 2.45) is 0 Å². The van der Waals surface area contributed by atoms with Crippen molar-refractivity contribution in [1.82, 2.24) is 0 Å². The van der Waals surface area contributed by atoms with Crippen LogP contribution in [0.4, 0.5) is 0 Å². The van der Waals surface area contributed by atoms with Gasteiger partial charge in [0.2, 0.25) is 0 Å². The molecule has 0 aliphatic heterocycles. The van der Waals surface area contributed by atoms with Gasteiger partial charge in [0, 0.05) is 27.5 Å². The molecule has 5 heteroatoms. The fourth-order valence-electron chi connectivity index (χ4n) is 1.91. The summed E-state index contributed by atoms with van der Waals surface area (Å²) in [6, 6.07) is 10.6. The zero-order valence-electron chi connectivity index (χ0n) is 11.7. The average Bonchev–Trinajstić information content (AvgIpc) is 2.49. The van der Waals surface area contributed by atoms with E-state index in [1.165, 1.54) is 0 Å². The largest absolute Gasteiger partial charge is 0.497 e. The second-order valence-corrected chi connectivity index (χ2v) is 5.76. The first-order valence-electron chi connectivity index (χ1n) is 6.23. The van der Waals surface area contributed by atoms with E-state index in [9.17, 15) is 4.79 Å². The van der Waals surface area contributed by atoms with Crippen LogP contribution in [0.2, 0.25) is 5.02 Å². The Bertz CT molecular complexity index is 648. The van der Waals surface area contributed by atoms with Crippen molar-refractivity contribution in [2.45, 2.75) is 6.42 Å². The lowest BCUT2D eigenvalue weighted by atomic mass is 10.0. The maximum atomic E-state index is 12.4. The van der Waals surface area contributed by atoms with E-state index in [-0.39, 0.29) is 12.2 Å². The Morgan fingerprint density at radius 3 is 2.24 bits per heavy atom. The Hall–Kier alpha value is -1.52. The van der Waals surface area contributed by atoms with Crippen molar-refractivity contribution in [2.75, 3.05) is 14.2 Å². The highest BCUT2D eigenvalue weighted by Crippen LogP contribution is 2.26. The third kappa shape index (κ3) is 3.99. The number of benzene rings is 2. The standard InChI is InChI=1S/C16H14BrClO3/c1-20-13-5-11(6-14(9-13)21-2)16(19)7-10-3-4-12(17)8-15(10)18/h3-6,8-9H,7H2,1-2H3. The lowest BCUT2D eigenvalue weighted by Crippen LogP contribution is -2.05. The molecule has 0 spiro atoms. The Balaban J connectivity index is 2.27.